The first-order chi connectivity index (χ1) is 23.7. The van der Waals surface area contributed by atoms with Crippen molar-refractivity contribution in [1.82, 2.24) is 0 Å². The van der Waals surface area contributed by atoms with E-state index in [2.05, 4.69) is 86.4 Å². The zero-order valence-electron chi connectivity index (χ0n) is 29.8. The van der Waals surface area contributed by atoms with E-state index in [0.29, 0.717) is 13.2 Å². The molecule has 0 saturated carbocycles. The number of hydrogen-bond donors (Lipinski definition) is 0. The van der Waals surface area contributed by atoms with E-state index in [1.54, 1.807) is 0 Å². The second-order valence-electron chi connectivity index (χ2n) is 12.8. The maximum atomic E-state index is 6.49. The van der Waals surface area contributed by atoms with Crippen molar-refractivity contribution in [1.29, 1.82) is 0 Å². The Hall–Kier alpha value is -4.14. The largest absolute Gasteiger partial charge is 0.493 e. The second-order valence-corrected chi connectivity index (χ2v) is 12.8. The van der Waals surface area contributed by atoms with Crippen molar-refractivity contribution in [2.24, 2.45) is 0 Å². The van der Waals surface area contributed by atoms with Crippen molar-refractivity contribution in [3.05, 3.63) is 94.0 Å². The number of rotatable bonds is 24. The van der Waals surface area contributed by atoms with Crippen LogP contribution in [0.25, 0.3) is 24.3 Å². The van der Waals surface area contributed by atoms with Crippen LogP contribution in [-0.4, -0.2) is 13.2 Å². The van der Waals surface area contributed by atoms with E-state index in [0.717, 1.165) is 57.7 Å². The summed E-state index contributed by atoms with van der Waals surface area (Å²) in [4.78, 5) is 0. The second kappa shape index (κ2) is 24.1. The molecule has 0 bridgehead atoms. The highest BCUT2D eigenvalue weighted by Gasteiger charge is 2.11. The molecule has 0 heterocycles. The standard InChI is InChI=1S/C46H58O2/c1-5-9-11-13-15-17-19-21-35-47-45-37-44(34-32-42-29-25-40(8-4)26-30-42)46(48-36-22-20-18-16-14-12-10-6-2)38-43(45)33-31-41-27-23-39(7-3)24-28-41/h3-4,23-34,37-38H,5-6,9-22,35-36H2,1-2H3/b33-31+,34-32+. The molecule has 3 aromatic carbocycles. The molecule has 3 aromatic rings. The molecule has 0 N–H and O–H groups in total. The fourth-order valence-corrected chi connectivity index (χ4v) is 5.69. The van der Waals surface area contributed by atoms with Gasteiger partial charge in [0.2, 0.25) is 0 Å². The molecule has 0 unspecified atom stereocenters. The molecule has 0 saturated heterocycles. The lowest BCUT2D eigenvalue weighted by Gasteiger charge is -2.16. The molecule has 0 aliphatic rings. The Labute approximate surface area is 293 Å². The third kappa shape index (κ3) is 15.2. The summed E-state index contributed by atoms with van der Waals surface area (Å²) in [5.74, 6) is 7.14. The Morgan fingerprint density at radius 1 is 0.458 bits per heavy atom. The van der Waals surface area contributed by atoms with Crippen molar-refractivity contribution in [3.63, 3.8) is 0 Å². The van der Waals surface area contributed by atoms with Gasteiger partial charge in [-0.05, 0) is 60.4 Å². The number of ether oxygens (including phenoxy) is 2. The summed E-state index contributed by atoms with van der Waals surface area (Å²) in [7, 11) is 0. The predicted molar refractivity (Wildman–Crippen MR) is 209 cm³/mol. The Morgan fingerprint density at radius 2 is 0.792 bits per heavy atom. The maximum Gasteiger partial charge on any atom is 0.127 e. The van der Waals surface area contributed by atoms with Gasteiger partial charge in [0.25, 0.3) is 0 Å². The monoisotopic (exact) mass is 642 g/mol. The van der Waals surface area contributed by atoms with Gasteiger partial charge in [-0.3, -0.25) is 0 Å². The highest BCUT2D eigenvalue weighted by molar-refractivity contribution is 5.79. The molecule has 0 amide bonds. The number of benzene rings is 3. The van der Waals surface area contributed by atoms with Crippen LogP contribution in [0.5, 0.6) is 11.5 Å². The first-order valence-electron chi connectivity index (χ1n) is 18.6. The van der Waals surface area contributed by atoms with Crippen molar-refractivity contribution >= 4 is 24.3 Å². The van der Waals surface area contributed by atoms with Crippen molar-refractivity contribution in [2.75, 3.05) is 13.2 Å². The molecule has 254 valence electrons. The van der Waals surface area contributed by atoms with Crippen molar-refractivity contribution < 1.29 is 9.47 Å². The van der Waals surface area contributed by atoms with Crippen LogP contribution < -0.4 is 9.47 Å². The van der Waals surface area contributed by atoms with Crippen molar-refractivity contribution in [2.45, 2.75) is 117 Å². The van der Waals surface area contributed by atoms with Gasteiger partial charge < -0.3 is 9.47 Å². The first-order valence-corrected chi connectivity index (χ1v) is 18.6. The molecule has 2 heteroatoms. The van der Waals surface area contributed by atoms with Gasteiger partial charge in [0.05, 0.1) is 13.2 Å². The topological polar surface area (TPSA) is 18.5 Å². The van der Waals surface area contributed by atoms with Gasteiger partial charge in [0.15, 0.2) is 0 Å². The fourth-order valence-electron chi connectivity index (χ4n) is 5.69. The van der Waals surface area contributed by atoms with Crippen LogP contribution in [0.2, 0.25) is 0 Å². The quantitative estimate of drug-likeness (QED) is 0.0550. The third-order valence-corrected chi connectivity index (χ3v) is 8.72. The highest BCUT2D eigenvalue weighted by atomic mass is 16.5. The minimum atomic E-state index is 0.696. The van der Waals surface area contributed by atoms with E-state index in [1.807, 2.05) is 24.3 Å². The lowest BCUT2D eigenvalue weighted by atomic mass is 10.0. The molecule has 0 radical (unpaired) electrons. The molecule has 48 heavy (non-hydrogen) atoms. The molecule has 3 rings (SSSR count). The van der Waals surface area contributed by atoms with Crippen LogP contribution in [0.15, 0.2) is 60.7 Å². The van der Waals surface area contributed by atoms with Crippen LogP contribution >= 0.6 is 0 Å². The average Bonchev–Trinajstić information content (AvgIpc) is 3.12. The maximum absolute atomic E-state index is 6.49. The third-order valence-electron chi connectivity index (χ3n) is 8.72. The summed E-state index contributed by atoms with van der Waals surface area (Å²) >= 11 is 0. The molecule has 0 spiro atoms. The Balaban J connectivity index is 1.79. The summed E-state index contributed by atoms with van der Waals surface area (Å²) in [6.45, 7) is 5.93. The Morgan fingerprint density at radius 3 is 1.12 bits per heavy atom. The molecule has 0 aliphatic carbocycles. The molecular formula is C46H58O2. The van der Waals surface area contributed by atoms with Crippen molar-refractivity contribution in [3.8, 4) is 36.2 Å². The molecule has 0 atom stereocenters. The van der Waals surface area contributed by atoms with E-state index < -0.39 is 0 Å². The van der Waals surface area contributed by atoms with Gasteiger partial charge in [-0.25, -0.2) is 0 Å². The molecular weight excluding hydrogens is 585 g/mol. The van der Waals surface area contributed by atoms with E-state index in [1.165, 1.54) is 89.9 Å². The zero-order valence-corrected chi connectivity index (χ0v) is 29.8. The number of terminal acetylenes is 2. The van der Waals surface area contributed by atoms with Gasteiger partial charge in [-0.1, -0.05) is 164 Å². The van der Waals surface area contributed by atoms with E-state index in [-0.39, 0.29) is 0 Å². The van der Waals surface area contributed by atoms with Crippen LogP contribution in [0, 0.1) is 24.7 Å². The van der Waals surface area contributed by atoms with Crippen LogP contribution in [0.4, 0.5) is 0 Å². The number of unbranched alkanes of at least 4 members (excludes halogenated alkanes) is 14. The number of hydrogen-bond acceptors (Lipinski definition) is 2. The summed E-state index contributed by atoms with van der Waals surface area (Å²) in [6.07, 6.45) is 39.9. The normalized spacial score (nSPS) is 11.2. The van der Waals surface area contributed by atoms with Gasteiger partial charge in [-0.15, -0.1) is 12.8 Å². The minimum Gasteiger partial charge on any atom is -0.493 e. The lowest BCUT2D eigenvalue weighted by molar-refractivity contribution is 0.295. The van der Waals surface area contributed by atoms with Gasteiger partial charge >= 0.3 is 0 Å². The van der Waals surface area contributed by atoms with Gasteiger partial charge in [0.1, 0.15) is 11.5 Å². The summed E-state index contributed by atoms with van der Waals surface area (Å²) in [6, 6.07) is 20.4. The van der Waals surface area contributed by atoms with Crippen LogP contribution in [0.1, 0.15) is 150 Å². The molecule has 0 aromatic heterocycles. The molecule has 2 nitrogen and oxygen atoms in total. The van der Waals surface area contributed by atoms with Gasteiger partial charge in [-0.2, -0.15) is 0 Å². The fraction of sp³-hybridized carbons (Fsp3) is 0.435. The Bertz CT molecular complexity index is 1330. The highest BCUT2D eigenvalue weighted by Crippen LogP contribution is 2.33. The Kier molecular flexibility index (Phi) is 19.2. The van der Waals surface area contributed by atoms with Crippen LogP contribution in [0.3, 0.4) is 0 Å². The molecule has 0 aliphatic heterocycles. The van der Waals surface area contributed by atoms with Gasteiger partial charge in [0, 0.05) is 22.3 Å². The summed E-state index contributed by atoms with van der Waals surface area (Å²) < 4.78 is 13.0. The summed E-state index contributed by atoms with van der Waals surface area (Å²) in [5.41, 5.74) is 5.95. The van der Waals surface area contributed by atoms with E-state index in [9.17, 15) is 0 Å². The zero-order chi connectivity index (χ0) is 34.1. The predicted octanol–water partition coefficient (Wildman–Crippen LogP) is 13.0. The minimum absolute atomic E-state index is 0.696. The first kappa shape index (κ1) is 38.3. The molecule has 0 fully saturated rings. The van der Waals surface area contributed by atoms with Crippen LogP contribution in [-0.2, 0) is 0 Å². The van der Waals surface area contributed by atoms with E-state index >= 15 is 0 Å². The smallest absolute Gasteiger partial charge is 0.127 e. The lowest BCUT2D eigenvalue weighted by Crippen LogP contribution is -2.03. The SMILES string of the molecule is C#Cc1ccc(/C=C/c2cc(OCCCCCCCCCC)c(/C=C/c3ccc(C#C)cc3)cc2OCCCCCCCCCC)cc1. The average molecular weight is 643 g/mol. The summed E-state index contributed by atoms with van der Waals surface area (Å²) in [5, 5.41) is 0. The van der Waals surface area contributed by atoms with E-state index in [4.69, 9.17) is 22.3 Å².